The molecule has 1 aliphatic rings. The highest BCUT2D eigenvalue weighted by Gasteiger charge is 2.22. The van der Waals surface area contributed by atoms with Crippen LogP contribution in [0.5, 0.6) is 5.75 Å². The van der Waals surface area contributed by atoms with E-state index in [1.165, 1.54) is 16.7 Å². The van der Waals surface area contributed by atoms with Crippen LogP contribution in [-0.2, 0) is 32.2 Å². The molecule has 5 heteroatoms. The molecule has 0 fully saturated rings. The van der Waals surface area contributed by atoms with E-state index in [1.54, 1.807) is 0 Å². The first-order valence-electron chi connectivity index (χ1n) is 12.5. The highest BCUT2D eigenvalue weighted by molar-refractivity contribution is 5.99. The van der Waals surface area contributed by atoms with Crippen LogP contribution < -0.4 is 4.74 Å². The first kappa shape index (κ1) is 23.6. The van der Waals surface area contributed by atoms with Gasteiger partial charge in [-0.3, -0.25) is 4.79 Å². The number of nitriles is 1. The standard InChI is InChI=1S/C31H29N3O2/c32-20-25-11-9-24(10-12-25)19-26-21-33-22-34(26)17-18-36-31-16-15-28-27(7-4-8-30(28)35)29(31)14-13-23-5-2-1-3-6-23/h1-3,5-6,9-12,15-16,21-22H,4,7-8,13-14,17-19H2. The summed E-state index contributed by atoms with van der Waals surface area (Å²) in [6, 6.07) is 24.2. The molecule has 36 heavy (non-hydrogen) atoms. The van der Waals surface area contributed by atoms with Gasteiger partial charge < -0.3 is 9.30 Å². The van der Waals surface area contributed by atoms with Crippen LogP contribution in [-0.4, -0.2) is 21.9 Å². The Bertz CT molecular complexity index is 1380. The van der Waals surface area contributed by atoms with Crippen molar-refractivity contribution in [1.82, 2.24) is 9.55 Å². The predicted octanol–water partition coefficient (Wildman–Crippen LogP) is 5.73. The number of carbonyl (C=O) groups excluding carboxylic acids is 1. The quantitative estimate of drug-likeness (QED) is 0.310. The van der Waals surface area contributed by atoms with Crippen molar-refractivity contribution in [3.05, 3.63) is 118 Å². The molecule has 0 amide bonds. The van der Waals surface area contributed by atoms with Gasteiger partial charge in [0.2, 0.25) is 0 Å². The van der Waals surface area contributed by atoms with Crippen molar-refractivity contribution in [1.29, 1.82) is 5.26 Å². The first-order valence-corrected chi connectivity index (χ1v) is 12.5. The van der Waals surface area contributed by atoms with E-state index in [0.717, 1.165) is 54.7 Å². The van der Waals surface area contributed by atoms with E-state index in [2.05, 4.69) is 39.9 Å². The van der Waals surface area contributed by atoms with Gasteiger partial charge in [0.15, 0.2) is 5.78 Å². The van der Waals surface area contributed by atoms with Crippen molar-refractivity contribution in [3.63, 3.8) is 0 Å². The van der Waals surface area contributed by atoms with Crippen molar-refractivity contribution in [2.75, 3.05) is 6.61 Å². The molecule has 5 nitrogen and oxygen atoms in total. The van der Waals surface area contributed by atoms with E-state index >= 15 is 0 Å². The Balaban J connectivity index is 1.29. The van der Waals surface area contributed by atoms with Gasteiger partial charge in [0, 0.05) is 30.3 Å². The van der Waals surface area contributed by atoms with Gasteiger partial charge in [-0.05, 0) is 72.2 Å². The van der Waals surface area contributed by atoms with Gasteiger partial charge in [0.05, 0.1) is 24.5 Å². The highest BCUT2D eigenvalue weighted by atomic mass is 16.5. The van der Waals surface area contributed by atoms with Gasteiger partial charge >= 0.3 is 0 Å². The van der Waals surface area contributed by atoms with Crippen LogP contribution in [0.25, 0.3) is 0 Å². The third-order valence-corrected chi connectivity index (χ3v) is 6.88. The number of aryl methyl sites for hydroxylation is 1. The van der Waals surface area contributed by atoms with Crippen LogP contribution in [0, 0.1) is 11.3 Å². The lowest BCUT2D eigenvalue weighted by Crippen LogP contribution is -2.16. The van der Waals surface area contributed by atoms with Crippen molar-refractivity contribution < 1.29 is 9.53 Å². The number of Topliss-reactive ketones (excluding diaryl/α,β-unsaturated/α-hetero) is 1. The van der Waals surface area contributed by atoms with Crippen LogP contribution in [0.2, 0.25) is 0 Å². The maximum absolute atomic E-state index is 12.5. The van der Waals surface area contributed by atoms with E-state index in [9.17, 15) is 4.79 Å². The normalized spacial score (nSPS) is 12.7. The molecule has 0 aliphatic heterocycles. The first-order chi connectivity index (χ1) is 17.7. The number of carbonyl (C=O) groups is 1. The number of ketones is 1. The Labute approximate surface area is 212 Å². The van der Waals surface area contributed by atoms with Crippen molar-refractivity contribution in [3.8, 4) is 11.8 Å². The van der Waals surface area contributed by atoms with Gasteiger partial charge in [-0.1, -0.05) is 42.5 Å². The molecular weight excluding hydrogens is 446 g/mol. The number of fused-ring (bicyclic) bond motifs is 1. The zero-order valence-electron chi connectivity index (χ0n) is 20.3. The van der Waals surface area contributed by atoms with Gasteiger partial charge in [0.1, 0.15) is 12.4 Å². The van der Waals surface area contributed by atoms with Crippen molar-refractivity contribution >= 4 is 5.78 Å². The van der Waals surface area contributed by atoms with Crippen LogP contribution >= 0.6 is 0 Å². The van der Waals surface area contributed by atoms with Crippen molar-refractivity contribution in [2.45, 2.75) is 45.1 Å². The molecule has 0 saturated heterocycles. The fraction of sp³-hybridized carbons (Fsp3) is 0.258. The number of benzene rings is 3. The minimum atomic E-state index is 0.245. The Hall–Kier alpha value is -4.17. The van der Waals surface area contributed by atoms with Crippen LogP contribution in [0.4, 0.5) is 0 Å². The molecule has 0 saturated carbocycles. The molecule has 180 valence electrons. The summed E-state index contributed by atoms with van der Waals surface area (Å²) in [5.74, 6) is 1.13. The Morgan fingerprint density at radius 3 is 2.58 bits per heavy atom. The largest absolute Gasteiger partial charge is 0.491 e. The van der Waals surface area contributed by atoms with Crippen LogP contribution in [0.3, 0.4) is 0 Å². The van der Waals surface area contributed by atoms with E-state index in [4.69, 9.17) is 10.00 Å². The molecule has 1 aliphatic carbocycles. The summed E-state index contributed by atoms with van der Waals surface area (Å²) in [5, 5.41) is 9.02. The molecule has 0 bridgehead atoms. The summed E-state index contributed by atoms with van der Waals surface area (Å²) in [4.78, 5) is 16.9. The number of aromatic nitrogens is 2. The molecule has 0 atom stereocenters. The van der Waals surface area contributed by atoms with Gasteiger partial charge in [-0.2, -0.15) is 5.26 Å². The van der Waals surface area contributed by atoms with E-state index < -0.39 is 0 Å². The Morgan fingerprint density at radius 2 is 1.78 bits per heavy atom. The molecule has 0 unspecified atom stereocenters. The lowest BCUT2D eigenvalue weighted by atomic mass is 9.85. The predicted molar refractivity (Wildman–Crippen MR) is 139 cm³/mol. The van der Waals surface area contributed by atoms with E-state index in [-0.39, 0.29) is 5.78 Å². The Morgan fingerprint density at radius 1 is 0.944 bits per heavy atom. The highest BCUT2D eigenvalue weighted by Crippen LogP contribution is 2.32. The average molecular weight is 476 g/mol. The number of imidazole rings is 1. The lowest BCUT2D eigenvalue weighted by Gasteiger charge is -2.22. The summed E-state index contributed by atoms with van der Waals surface area (Å²) < 4.78 is 8.45. The minimum absolute atomic E-state index is 0.245. The molecule has 5 rings (SSSR count). The number of ether oxygens (including phenoxy) is 1. The van der Waals surface area contributed by atoms with Gasteiger partial charge in [-0.25, -0.2) is 4.98 Å². The smallest absolute Gasteiger partial charge is 0.163 e. The Kier molecular flexibility index (Phi) is 7.23. The topological polar surface area (TPSA) is 67.9 Å². The molecule has 4 aromatic rings. The zero-order chi connectivity index (χ0) is 24.7. The van der Waals surface area contributed by atoms with E-state index in [1.807, 2.05) is 55.0 Å². The molecule has 0 spiro atoms. The number of nitrogens with zero attached hydrogens (tertiary/aromatic N) is 3. The molecule has 1 heterocycles. The van der Waals surface area contributed by atoms with Gasteiger partial charge in [-0.15, -0.1) is 0 Å². The maximum atomic E-state index is 12.5. The monoisotopic (exact) mass is 475 g/mol. The molecule has 3 aromatic carbocycles. The summed E-state index contributed by atoms with van der Waals surface area (Å²) in [6.45, 7) is 1.20. The summed E-state index contributed by atoms with van der Waals surface area (Å²) in [7, 11) is 0. The number of hydrogen-bond acceptors (Lipinski definition) is 4. The molecule has 0 N–H and O–H groups in total. The summed E-state index contributed by atoms with van der Waals surface area (Å²) in [6.07, 6.45) is 8.70. The summed E-state index contributed by atoms with van der Waals surface area (Å²) >= 11 is 0. The SMILES string of the molecule is N#Cc1ccc(Cc2cncn2CCOc2ccc3c(c2CCc2ccccc2)CCCC3=O)cc1. The second-order valence-corrected chi connectivity index (χ2v) is 9.24. The fourth-order valence-electron chi connectivity index (χ4n) is 4.96. The molecule has 1 aromatic heterocycles. The summed E-state index contributed by atoms with van der Waals surface area (Å²) in [5.41, 5.74) is 7.40. The number of rotatable bonds is 9. The van der Waals surface area contributed by atoms with Gasteiger partial charge in [0.25, 0.3) is 0 Å². The van der Waals surface area contributed by atoms with E-state index in [0.29, 0.717) is 25.1 Å². The minimum Gasteiger partial charge on any atom is -0.491 e. The van der Waals surface area contributed by atoms with Crippen LogP contribution in [0.15, 0.2) is 79.3 Å². The number of hydrogen-bond donors (Lipinski definition) is 0. The zero-order valence-corrected chi connectivity index (χ0v) is 20.3. The van der Waals surface area contributed by atoms with Crippen molar-refractivity contribution in [2.24, 2.45) is 0 Å². The molecular formula is C31H29N3O2. The fourth-order valence-corrected chi connectivity index (χ4v) is 4.96. The lowest BCUT2D eigenvalue weighted by molar-refractivity contribution is 0.0972. The van der Waals surface area contributed by atoms with Crippen LogP contribution in [0.1, 0.15) is 56.7 Å². The third-order valence-electron chi connectivity index (χ3n) is 6.88. The second kappa shape index (κ2) is 11.0. The second-order valence-electron chi connectivity index (χ2n) is 9.24. The maximum Gasteiger partial charge on any atom is 0.163 e. The molecule has 0 radical (unpaired) electrons. The third kappa shape index (κ3) is 5.39. The average Bonchev–Trinajstić information content (AvgIpc) is 3.35.